The van der Waals surface area contributed by atoms with Gasteiger partial charge < -0.3 is 10.1 Å². The average molecular weight is 248 g/mol. The number of rotatable bonds is 6. The van der Waals surface area contributed by atoms with Crippen molar-refractivity contribution in [3.63, 3.8) is 0 Å². The largest absolute Gasteiger partial charge is 0.477 e. The number of ether oxygens (including phenoxy) is 1. The molecule has 0 atom stereocenters. The molecule has 0 bridgehead atoms. The Labute approximate surface area is 110 Å². The molecule has 0 aliphatic heterocycles. The van der Waals surface area contributed by atoms with Gasteiger partial charge in [-0.25, -0.2) is 0 Å². The smallest absolute Gasteiger partial charge is 0.215 e. The molecular formula is C15H24N2O. The van der Waals surface area contributed by atoms with E-state index in [0.717, 1.165) is 37.2 Å². The summed E-state index contributed by atoms with van der Waals surface area (Å²) in [6.07, 6.45) is 7.85. The van der Waals surface area contributed by atoms with E-state index in [4.69, 9.17) is 4.74 Å². The second kappa shape index (κ2) is 7.24. The molecule has 100 valence electrons. The molecule has 1 saturated carbocycles. The molecule has 1 aliphatic carbocycles. The molecule has 0 aromatic carbocycles. The molecule has 1 aromatic rings. The summed E-state index contributed by atoms with van der Waals surface area (Å²) in [5.74, 6) is 2.40. The SMILES string of the molecule is CCCNc1cccc(OCC2CCCCC2)n1. The number of anilines is 1. The highest BCUT2D eigenvalue weighted by atomic mass is 16.5. The van der Waals surface area contributed by atoms with Crippen molar-refractivity contribution >= 4 is 5.82 Å². The standard InChI is InChI=1S/C15H24N2O/c1-2-11-16-14-9-6-10-15(17-14)18-12-13-7-4-3-5-8-13/h6,9-10,13H,2-5,7-8,11-12H2,1H3,(H,16,17). The molecule has 0 spiro atoms. The minimum Gasteiger partial charge on any atom is -0.477 e. The highest BCUT2D eigenvalue weighted by Gasteiger charge is 2.14. The van der Waals surface area contributed by atoms with E-state index < -0.39 is 0 Å². The molecule has 0 amide bonds. The maximum Gasteiger partial charge on any atom is 0.215 e. The van der Waals surface area contributed by atoms with Crippen molar-refractivity contribution < 1.29 is 4.74 Å². The van der Waals surface area contributed by atoms with E-state index in [2.05, 4.69) is 17.2 Å². The summed E-state index contributed by atoms with van der Waals surface area (Å²) in [6.45, 7) is 3.93. The van der Waals surface area contributed by atoms with Crippen LogP contribution >= 0.6 is 0 Å². The second-order valence-corrected chi connectivity index (χ2v) is 5.10. The normalized spacial score (nSPS) is 16.5. The van der Waals surface area contributed by atoms with E-state index in [9.17, 15) is 0 Å². The zero-order valence-electron chi connectivity index (χ0n) is 11.3. The van der Waals surface area contributed by atoms with Crippen molar-refractivity contribution in [2.45, 2.75) is 45.4 Å². The number of hydrogen-bond donors (Lipinski definition) is 1. The summed E-state index contributed by atoms with van der Waals surface area (Å²) in [4.78, 5) is 4.46. The predicted molar refractivity (Wildman–Crippen MR) is 75.1 cm³/mol. The zero-order chi connectivity index (χ0) is 12.6. The van der Waals surface area contributed by atoms with E-state index in [1.165, 1.54) is 32.1 Å². The summed E-state index contributed by atoms with van der Waals surface area (Å²) in [7, 11) is 0. The Hall–Kier alpha value is -1.25. The van der Waals surface area contributed by atoms with Crippen LogP contribution in [0.25, 0.3) is 0 Å². The van der Waals surface area contributed by atoms with E-state index in [0.29, 0.717) is 0 Å². The Kier molecular flexibility index (Phi) is 5.31. The molecule has 18 heavy (non-hydrogen) atoms. The van der Waals surface area contributed by atoms with Gasteiger partial charge in [-0.15, -0.1) is 0 Å². The third-order valence-electron chi connectivity index (χ3n) is 3.47. The van der Waals surface area contributed by atoms with Gasteiger partial charge in [0.25, 0.3) is 0 Å². The molecule has 3 heteroatoms. The number of hydrogen-bond acceptors (Lipinski definition) is 3. The van der Waals surface area contributed by atoms with Gasteiger partial charge >= 0.3 is 0 Å². The van der Waals surface area contributed by atoms with Crippen molar-refractivity contribution in [2.75, 3.05) is 18.5 Å². The fraction of sp³-hybridized carbons (Fsp3) is 0.667. The first-order valence-corrected chi connectivity index (χ1v) is 7.22. The Balaban J connectivity index is 1.80. The van der Waals surface area contributed by atoms with E-state index in [1.807, 2.05) is 18.2 Å². The van der Waals surface area contributed by atoms with Gasteiger partial charge in [-0.05, 0) is 31.2 Å². The number of nitrogens with zero attached hydrogens (tertiary/aromatic N) is 1. The number of nitrogens with one attached hydrogen (secondary N) is 1. The first kappa shape index (κ1) is 13.2. The van der Waals surface area contributed by atoms with Crippen LogP contribution in [-0.2, 0) is 0 Å². The quantitative estimate of drug-likeness (QED) is 0.830. The van der Waals surface area contributed by atoms with Crippen LogP contribution in [0.5, 0.6) is 5.88 Å². The van der Waals surface area contributed by atoms with Crippen molar-refractivity contribution in [1.29, 1.82) is 0 Å². The Morgan fingerprint density at radius 2 is 2.11 bits per heavy atom. The lowest BCUT2D eigenvalue weighted by Gasteiger charge is -2.21. The van der Waals surface area contributed by atoms with Gasteiger partial charge in [-0.3, -0.25) is 0 Å². The van der Waals surface area contributed by atoms with Crippen LogP contribution in [0.15, 0.2) is 18.2 Å². The number of aromatic nitrogens is 1. The van der Waals surface area contributed by atoms with Crippen molar-refractivity contribution in [3.05, 3.63) is 18.2 Å². The Morgan fingerprint density at radius 3 is 2.89 bits per heavy atom. The highest BCUT2D eigenvalue weighted by Crippen LogP contribution is 2.24. The minimum atomic E-state index is 0.729. The minimum absolute atomic E-state index is 0.729. The second-order valence-electron chi connectivity index (χ2n) is 5.10. The van der Waals surface area contributed by atoms with Gasteiger partial charge in [0.1, 0.15) is 5.82 Å². The topological polar surface area (TPSA) is 34.1 Å². The van der Waals surface area contributed by atoms with Crippen LogP contribution in [0, 0.1) is 5.92 Å². The summed E-state index contributed by atoms with van der Waals surface area (Å²) < 4.78 is 5.81. The molecule has 1 aliphatic rings. The first-order chi connectivity index (χ1) is 8.88. The van der Waals surface area contributed by atoms with Crippen LogP contribution in [0.3, 0.4) is 0 Å². The molecule has 1 heterocycles. The molecule has 1 aromatic heterocycles. The summed E-state index contributed by atoms with van der Waals surface area (Å²) in [5, 5.41) is 3.28. The molecule has 0 saturated heterocycles. The lowest BCUT2D eigenvalue weighted by atomic mass is 9.90. The van der Waals surface area contributed by atoms with Crippen LogP contribution in [0.1, 0.15) is 45.4 Å². The third-order valence-corrected chi connectivity index (χ3v) is 3.47. The maximum absolute atomic E-state index is 5.81. The van der Waals surface area contributed by atoms with Crippen LogP contribution < -0.4 is 10.1 Å². The summed E-state index contributed by atoms with van der Waals surface area (Å²) >= 11 is 0. The van der Waals surface area contributed by atoms with Crippen molar-refractivity contribution in [1.82, 2.24) is 4.98 Å². The lowest BCUT2D eigenvalue weighted by Crippen LogP contribution is -2.15. The molecule has 1 fully saturated rings. The van der Waals surface area contributed by atoms with Crippen LogP contribution in [0.2, 0.25) is 0 Å². The summed E-state index contributed by atoms with van der Waals surface area (Å²) in [5.41, 5.74) is 0. The van der Waals surface area contributed by atoms with Gasteiger partial charge in [-0.2, -0.15) is 4.98 Å². The monoisotopic (exact) mass is 248 g/mol. The fourth-order valence-corrected chi connectivity index (χ4v) is 2.40. The van der Waals surface area contributed by atoms with Gasteiger partial charge in [0.05, 0.1) is 6.61 Å². The molecular weight excluding hydrogens is 224 g/mol. The van der Waals surface area contributed by atoms with Gasteiger partial charge in [0.2, 0.25) is 5.88 Å². The first-order valence-electron chi connectivity index (χ1n) is 7.22. The molecule has 2 rings (SSSR count). The summed E-state index contributed by atoms with van der Waals surface area (Å²) in [6, 6.07) is 5.93. The average Bonchev–Trinajstić information content (AvgIpc) is 2.44. The van der Waals surface area contributed by atoms with E-state index >= 15 is 0 Å². The van der Waals surface area contributed by atoms with Gasteiger partial charge in [0, 0.05) is 12.6 Å². The maximum atomic E-state index is 5.81. The number of pyridine rings is 1. The Morgan fingerprint density at radius 1 is 1.28 bits per heavy atom. The lowest BCUT2D eigenvalue weighted by molar-refractivity contribution is 0.203. The van der Waals surface area contributed by atoms with Crippen molar-refractivity contribution in [2.24, 2.45) is 5.92 Å². The highest BCUT2D eigenvalue weighted by molar-refractivity contribution is 5.36. The molecule has 1 N–H and O–H groups in total. The third kappa shape index (κ3) is 4.21. The van der Waals surface area contributed by atoms with E-state index in [1.54, 1.807) is 0 Å². The molecule has 0 unspecified atom stereocenters. The fourth-order valence-electron chi connectivity index (χ4n) is 2.40. The predicted octanol–water partition coefficient (Wildman–Crippen LogP) is 3.86. The van der Waals surface area contributed by atoms with Crippen LogP contribution in [0.4, 0.5) is 5.82 Å². The Bertz CT molecular complexity index is 348. The van der Waals surface area contributed by atoms with E-state index in [-0.39, 0.29) is 0 Å². The van der Waals surface area contributed by atoms with Gasteiger partial charge in [-0.1, -0.05) is 32.3 Å². The van der Waals surface area contributed by atoms with Gasteiger partial charge in [0.15, 0.2) is 0 Å². The molecule has 3 nitrogen and oxygen atoms in total. The molecule has 0 radical (unpaired) electrons. The van der Waals surface area contributed by atoms with Crippen molar-refractivity contribution in [3.8, 4) is 5.88 Å². The van der Waals surface area contributed by atoms with Crippen LogP contribution in [-0.4, -0.2) is 18.1 Å². The zero-order valence-corrected chi connectivity index (χ0v) is 11.3.